The zero-order chi connectivity index (χ0) is 12.4. The van der Waals surface area contributed by atoms with E-state index in [1.54, 1.807) is 24.3 Å². The number of aromatic hydroxyl groups is 2. The molecular weight excluding hydrogens is 219 g/mol. The fourth-order valence-corrected chi connectivity index (χ4v) is 1.59. The standard InChI is InChI=1S/C12H11BO4/c14-10-5-6-12(15)11(7-10)8-1-3-9(4-2-8)13(16)17/h1-7,14-17H. The molecule has 2 aromatic rings. The molecule has 4 nitrogen and oxygen atoms in total. The van der Waals surface area contributed by atoms with E-state index >= 15 is 0 Å². The number of benzene rings is 2. The van der Waals surface area contributed by atoms with E-state index in [-0.39, 0.29) is 11.5 Å². The largest absolute Gasteiger partial charge is 0.508 e. The lowest BCUT2D eigenvalue weighted by atomic mass is 9.80. The van der Waals surface area contributed by atoms with Gasteiger partial charge in [-0.3, -0.25) is 0 Å². The number of hydrogen-bond donors (Lipinski definition) is 4. The molecule has 17 heavy (non-hydrogen) atoms. The molecule has 0 heterocycles. The first-order valence-corrected chi connectivity index (χ1v) is 5.06. The van der Waals surface area contributed by atoms with Gasteiger partial charge >= 0.3 is 7.12 Å². The molecule has 0 saturated carbocycles. The topological polar surface area (TPSA) is 80.9 Å². The van der Waals surface area contributed by atoms with Gasteiger partial charge in [0.25, 0.3) is 0 Å². The summed E-state index contributed by atoms with van der Waals surface area (Å²) in [7, 11) is -1.51. The monoisotopic (exact) mass is 230 g/mol. The summed E-state index contributed by atoms with van der Waals surface area (Å²) in [6.07, 6.45) is 0. The highest BCUT2D eigenvalue weighted by atomic mass is 16.4. The molecule has 0 aliphatic rings. The maximum Gasteiger partial charge on any atom is 0.488 e. The lowest BCUT2D eigenvalue weighted by Crippen LogP contribution is -2.29. The van der Waals surface area contributed by atoms with Crippen LogP contribution in [0.2, 0.25) is 0 Å². The summed E-state index contributed by atoms with van der Waals surface area (Å²) in [5, 5.41) is 36.9. The van der Waals surface area contributed by atoms with Gasteiger partial charge in [0, 0.05) is 5.56 Å². The third-order valence-electron chi connectivity index (χ3n) is 2.50. The Morgan fingerprint density at radius 1 is 0.824 bits per heavy atom. The van der Waals surface area contributed by atoms with E-state index in [1.807, 2.05) is 0 Å². The molecule has 2 aromatic carbocycles. The fraction of sp³-hybridized carbons (Fsp3) is 0. The molecule has 0 unspecified atom stereocenters. The molecule has 5 heteroatoms. The molecule has 0 amide bonds. The minimum atomic E-state index is -1.51. The van der Waals surface area contributed by atoms with E-state index in [1.165, 1.54) is 18.2 Å². The van der Waals surface area contributed by atoms with Gasteiger partial charge in [0.2, 0.25) is 0 Å². The molecule has 0 atom stereocenters. The summed E-state index contributed by atoms with van der Waals surface area (Å²) in [6.45, 7) is 0. The van der Waals surface area contributed by atoms with E-state index < -0.39 is 7.12 Å². The van der Waals surface area contributed by atoms with Crippen molar-refractivity contribution >= 4 is 12.6 Å². The van der Waals surface area contributed by atoms with Crippen molar-refractivity contribution in [2.24, 2.45) is 0 Å². The van der Waals surface area contributed by atoms with Crippen molar-refractivity contribution in [3.05, 3.63) is 42.5 Å². The SMILES string of the molecule is OB(O)c1ccc(-c2cc(O)ccc2O)cc1. The van der Waals surface area contributed by atoms with Crippen LogP contribution in [-0.2, 0) is 0 Å². The highest BCUT2D eigenvalue weighted by Crippen LogP contribution is 2.31. The van der Waals surface area contributed by atoms with Crippen molar-refractivity contribution in [2.75, 3.05) is 0 Å². The van der Waals surface area contributed by atoms with E-state index in [4.69, 9.17) is 10.0 Å². The lowest BCUT2D eigenvalue weighted by molar-refractivity contribution is 0.426. The van der Waals surface area contributed by atoms with Gasteiger partial charge in [-0.2, -0.15) is 0 Å². The van der Waals surface area contributed by atoms with Crippen molar-refractivity contribution in [3.8, 4) is 22.6 Å². The highest BCUT2D eigenvalue weighted by molar-refractivity contribution is 6.58. The van der Waals surface area contributed by atoms with Gasteiger partial charge < -0.3 is 20.3 Å². The van der Waals surface area contributed by atoms with Gasteiger partial charge in [-0.1, -0.05) is 24.3 Å². The Bertz CT molecular complexity index is 523. The number of phenols is 2. The summed E-state index contributed by atoms with van der Waals surface area (Å²) >= 11 is 0. The van der Waals surface area contributed by atoms with Crippen LogP contribution in [0, 0.1) is 0 Å². The van der Waals surface area contributed by atoms with Crippen molar-refractivity contribution in [3.63, 3.8) is 0 Å². The van der Waals surface area contributed by atoms with E-state index in [2.05, 4.69) is 0 Å². The Morgan fingerprint density at radius 2 is 1.47 bits per heavy atom. The van der Waals surface area contributed by atoms with Crippen LogP contribution in [0.5, 0.6) is 11.5 Å². The molecule has 0 radical (unpaired) electrons. The van der Waals surface area contributed by atoms with Crippen LogP contribution in [0.4, 0.5) is 0 Å². The van der Waals surface area contributed by atoms with Gasteiger partial charge in [-0.15, -0.1) is 0 Å². The van der Waals surface area contributed by atoms with Crippen LogP contribution >= 0.6 is 0 Å². The van der Waals surface area contributed by atoms with Crippen molar-refractivity contribution in [1.82, 2.24) is 0 Å². The van der Waals surface area contributed by atoms with Gasteiger partial charge in [0.15, 0.2) is 0 Å². The van der Waals surface area contributed by atoms with E-state index in [9.17, 15) is 10.2 Å². The van der Waals surface area contributed by atoms with Crippen LogP contribution < -0.4 is 5.46 Å². The van der Waals surface area contributed by atoms with Gasteiger partial charge in [0.05, 0.1) is 0 Å². The van der Waals surface area contributed by atoms with E-state index in [0.29, 0.717) is 16.6 Å². The molecule has 2 rings (SSSR count). The van der Waals surface area contributed by atoms with Crippen molar-refractivity contribution < 1.29 is 20.3 Å². The average molecular weight is 230 g/mol. The zero-order valence-electron chi connectivity index (χ0n) is 8.91. The number of phenolic OH excluding ortho intramolecular Hbond substituents is 2. The molecule has 0 saturated heterocycles. The third-order valence-corrected chi connectivity index (χ3v) is 2.50. The lowest BCUT2D eigenvalue weighted by Gasteiger charge is -2.06. The third kappa shape index (κ3) is 2.41. The second-order valence-electron chi connectivity index (χ2n) is 3.70. The summed E-state index contributed by atoms with van der Waals surface area (Å²) in [5.74, 6) is 0.115. The number of rotatable bonds is 2. The molecule has 0 aromatic heterocycles. The van der Waals surface area contributed by atoms with Crippen LogP contribution in [0.15, 0.2) is 42.5 Å². The fourth-order valence-electron chi connectivity index (χ4n) is 1.59. The summed E-state index contributed by atoms with van der Waals surface area (Å²) in [5.41, 5.74) is 1.54. The minimum Gasteiger partial charge on any atom is -0.508 e. The highest BCUT2D eigenvalue weighted by Gasteiger charge is 2.11. The molecule has 0 bridgehead atoms. The van der Waals surface area contributed by atoms with E-state index in [0.717, 1.165) is 0 Å². The average Bonchev–Trinajstić information content (AvgIpc) is 2.32. The van der Waals surface area contributed by atoms with Crippen LogP contribution in [0.25, 0.3) is 11.1 Å². The predicted octanol–water partition coefficient (Wildman–Crippen LogP) is 0.445. The first-order valence-electron chi connectivity index (χ1n) is 5.06. The molecule has 4 N–H and O–H groups in total. The van der Waals surface area contributed by atoms with Crippen molar-refractivity contribution in [1.29, 1.82) is 0 Å². The molecular formula is C12H11BO4. The smallest absolute Gasteiger partial charge is 0.488 e. The van der Waals surface area contributed by atoms with Crippen molar-refractivity contribution in [2.45, 2.75) is 0 Å². The van der Waals surface area contributed by atoms with Gasteiger partial charge in [0.1, 0.15) is 11.5 Å². The Balaban J connectivity index is 2.43. The molecule has 0 aliphatic heterocycles. The Hall–Kier alpha value is -1.98. The van der Waals surface area contributed by atoms with Gasteiger partial charge in [-0.25, -0.2) is 0 Å². The predicted molar refractivity (Wildman–Crippen MR) is 65.0 cm³/mol. The second-order valence-corrected chi connectivity index (χ2v) is 3.70. The second kappa shape index (κ2) is 4.49. The summed E-state index contributed by atoms with van der Waals surface area (Å²) in [4.78, 5) is 0. The van der Waals surface area contributed by atoms with Crippen LogP contribution in [0.1, 0.15) is 0 Å². The summed E-state index contributed by atoms with van der Waals surface area (Å²) < 4.78 is 0. The Labute approximate surface area is 98.6 Å². The minimum absolute atomic E-state index is 0.0556. The molecule has 0 spiro atoms. The molecule has 0 fully saturated rings. The Kier molecular flexibility index (Phi) is 3.04. The zero-order valence-corrected chi connectivity index (χ0v) is 8.91. The summed E-state index contributed by atoms with van der Waals surface area (Å²) in [6, 6.07) is 10.6. The van der Waals surface area contributed by atoms with Crippen LogP contribution in [-0.4, -0.2) is 27.4 Å². The quantitative estimate of drug-likeness (QED) is 0.446. The maximum absolute atomic E-state index is 9.66. The first-order chi connectivity index (χ1) is 8.08. The number of hydrogen-bond acceptors (Lipinski definition) is 4. The normalized spacial score (nSPS) is 10.2. The molecule has 86 valence electrons. The molecule has 0 aliphatic carbocycles. The Morgan fingerprint density at radius 3 is 2.06 bits per heavy atom. The van der Waals surface area contributed by atoms with Crippen LogP contribution in [0.3, 0.4) is 0 Å². The first kappa shape index (κ1) is 11.5. The maximum atomic E-state index is 9.66. The van der Waals surface area contributed by atoms with Gasteiger partial charge in [-0.05, 0) is 29.2 Å².